The fourth-order valence-corrected chi connectivity index (χ4v) is 5.74. The van der Waals surface area contributed by atoms with E-state index in [1.165, 1.54) is 23.1 Å². The molecule has 2 aromatic carbocycles. The summed E-state index contributed by atoms with van der Waals surface area (Å²) in [7, 11) is 0. The van der Waals surface area contributed by atoms with Crippen molar-refractivity contribution in [1.82, 2.24) is 14.9 Å². The molecule has 1 fully saturated rings. The van der Waals surface area contributed by atoms with Crippen molar-refractivity contribution >= 4 is 39.2 Å². The van der Waals surface area contributed by atoms with E-state index in [0.717, 1.165) is 35.6 Å². The molecule has 0 spiro atoms. The number of hydrogen-bond acceptors (Lipinski definition) is 6. The number of nitrogens with zero attached hydrogens (tertiary/aromatic N) is 2. The molecule has 1 N–H and O–H groups in total. The van der Waals surface area contributed by atoms with Crippen molar-refractivity contribution in [3.8, 4) is 16.1 Å². The van der Waals surface area contributed by atoms with Crippen molar-refractivity contribution in [2.45, 2.75) is 24.1 Å². The summed E-state index contributed by atoms with van der Waals surface area (Å²) in [5, 5.41) is 4.02. The first-order chi connectivity index (χ1) is 16.2. The molecule has 1 unspecified atom stereocenters. The zero-order valence-electron chi connectivity index (χ0n) is 17.9. The van der Waals surface area contributed by atoms with Crippen molar-refractivity contribution in [2.24, 2.45) is 0 Å². The molecule has 0 saturated carbocycles. The number of thiophene rings is 1. The Morgan fingerprint density at radius 1 is 1.15 bits per heavy atom. The number of fused-ring (bicyclic) bond motifs is 1. The van der Waals surface area contributed by atoms with Crippen LogP contribution in [0.25, 0.3) is 26.3 Å². The molecule has 4 aromatic rings. The van der Waals surface area contributed by atoms with Gasteiger partial charge in [-0.1, -0.05) is 60.3 Å². The standard InChI is InChI=1S/C25H23N3O3S2/c29-22(26-15-19-12-7-13-31-19)16-32-25-27-23-20(14-21(33-23)17-8-3-1-4-9-17)24(30)28(25)18-10-5-2-6-11-18/h1-6,8-11,14,19H,7,12-13,15-16H2,(H,26,29). The summed E-state index contributed by atoms with van der Waals surface area (Å²) in [6, 6.07) is 21.3. The lowest BCUT2D eigenvalue weighted by atomic mass is 10.2. The van der Waals surface area contributed by atoms with Gasteiger partial charge in [-0.2, -0.15) is 0 Å². The fraction of sp³-hybridized carbons (Fsp3) is 0.240. The van der Waals surface area contributed by atoms with Crippen LogP contribution in [0.5, 0.6) is 0 Å². The van der Waals surface area contributed by atoms with E-state index in [9.17, 15) is 9.59 Å². The molecule has 1 amide bonds. The minimum absolute atomic E-state index is 0.0958. The van der Waals surface area contributed by atoms with Crippen molar-refractivity contribution in [2.75, 3.05) is 18.9 Å². The molecular weight excluding hydrogens is 454 g/mol. The third kappa shape index (κ3) is 4.88. The summed E-state index contributed by atoms with van der Waals surface area (Å²) in [4.78, 5) is 32.5. The number of amides is 1. The van der Waals surface area contributed by atoms with Gasteiger partial charge in [0.25, 0.3) is 5.56 Å². The van der Waals surface area contributed by atoms with Crippen molar-refractivity contribution in [3.05, 3.63) is 77.1 Å². The second-order valence-corrected chi connectivity index (χ2v) is 9.77. The quantitative estimate of drug-likeness (QED) is 0.313. The number of para-hydroxylation sites is 1. The highest BCUT2D eigenvalue weighted by atomic mass is 32.2. The Bertz CT molecular complexity index is 1310. The Kier molecular flexibility index (Phi) is 6.57. The predicted molar refractivity (Wildman–Crippen MR) is 133 cm³/mol. The Labute approximate surface area is 199 Å². The number of ether oxygens (including phenoxy) is 1. The third-order valence-electron chi connectivity index (χ3n) is 5.49. The summed E-state index contributed by atoms with van der Waals surface area (Å²) in [5.41, 5.74) is 1.65. The number of thioether (sulfide) groups is 1. The lowest BCUT2D eigenvalue weighted by molar-refractivity contribution is -0.119. The van der Waals surface area contributed by atoms with Crippen LogP contribution in [0, 0.1) is 0 Å². The van der Waals surface area contributed by atoms with E-state index in [1.807, 2.05) is 66.7 Å². The Morgan fingerprint density at radius 3 is 2.64 bits per heavy atom. The minimum Gasteiger partial charge on any atom is -0.376 e. The molecule has 5 rings (SSSR count). The highest BCUT2D eigenvalue weighted by Crippen LogP contribution is 2.32. The van der Waals surface area contributed by atoms with Gasteiger partial charge in [0.1, 0.15) is 4.83 Å². The van der Waals surface area contributed by atoms with E-state index in [2.05, 4.69) is 5.32 Å². The van der Waals surface area contributed by atoms with Gasteiger partial charge in [-0.15, -0.1) is 11.3 Å². The number of aromatic nitrogens is 2. The molecule has 33 heavy (non-hydrogen) atoms. The zero-order chi connectivity index (χ0) is 22.6. The van der Waals surface area contributed by atoms with E-state index in [0.29, 0.717) is 21.9 Å². The Hall–Kier alpha value is -2.94. The molecule has 0 bridgehead atoms. The van der Waals surface area contributed by atoms with Crippen molar-refractivity contribution in [1.29, 1.82) is 0 Å². The minimum atomic E-state index is -0.133. The normalized spacial score (nSPS) is 15.7. The molecule has 1 aliphatic rings. The van der Waals surface area contributed by atoms with Crippen LogP contribution in [-0.4, -0.2) is 40.5 Å². The zero-order valence-corrected chi connectivity index (χ0v) is 19.5. The number of benzene rings is 2. The van der Waals surface area contributed by atoms with E-state index in [1.54, 1.807) is 4.57 Å². The first-order valence-corrected chi connectivity index (χ1v) is 12.7. The maximum atomic E-state index is 13.5. The van der Waals surface area contributed by atoms with Crippen LogP contribution in [0.1, 0.15) is 12.8 Å². The Balaban J connectivity index is 1.46. The molecule has 0 radical (unpaired) electrons. The smallest absolute Gasteiger partial charge is 0.267 e. The van der Waals surface area contributed by atoms with Crippen LogP contribution in [0.3, 0.4) is 0 Å². The molecule has 168 valence electrons. The topological polar surface area (TPSA) is 73.2 Å². The molecular formula is C25H23N3O3S2. The van der Waals surface area contributed by atoms with Gasteiger partial charge in [-0.25, -0.2) is 4.98 Å². The van der Waals surface area contributed by atoms with Gasteiger partial charge in [0, 0.05) is 18.0 Å². The number of hydrogen-bond donors (Lipinski definition) is 1. The summed E-state index contributed by atoms with van der Waals surface area (Å²) in [6.07, 6.45) is 2.11. The van der Waals surface area contributed by atoms with Gasteiger partial charge in [-0.3, -0.25) is 14.2 Å². The summed E-state index contributed by atoms with van der Waals surface area (Å²) >= 11 is 2.76. The molecule has 0 aliphatic carbocycles. The third-order valence-corrected chi connectivity index (χ3v) is 7.51. The van der Waals surface area contributed by atoms with Gasteiger partial charge >= 0.3 is 0 Å². The molecule has 2 aromatic heterocycles. The molecule has 8 heteroatoms. The highest BCUT2D eigenvalue weighted by molar-refractivity contribution is 7.99. The maximum absolute atomic E-state index is 13.5. The first kappa shape index (κ1) is 21.9. The summed E-state index contributed by atoms with van der Waals surface area (Å²) in [5.74, 6) is 0.0784. The first-order valence-electron chi connectivity index (χ1n) is 10.9. The SMILES string of the molecule is O=C(CSc1nc2sc(-c3ccccc3)cc2c(=O)n1-c1ccccc1)NCC1CCCO1. The molecule has 3 heterocycles. The average molecular weight is 478 g/mol. The van der Waals surface area contributed by atoms with Crippen LogP contribution in [0.2, 0.25) is 0 Å². The van der Waals surface area contributed by atoms with Gasteiger partial charge in [0.2, 0.25) is 5.91 Å². The van der Waals surface area contributed by atoms with Gasteiger partial charge < -0.3 is 10.1 Å². The number of carbonyl (C=O) groups is 1. The average Bonchev–Trinajstić information content (AvgIpc) is 3.53. The van der Waals surface area contributed by atoms with Crippen molar-refractivity contribution in [3.63, 3.8) is 0 Å². The molecule has 1 aliphatic heterocycles. The van der Waals surface area contributed by atoms with Crippen LogP contribution in [0.15, 0.2) is 76.7 Å². The lowest BCUT2D eigenvalue weighted by Gasteiger charge is -2.13. The Morgan fingerprint density at radius 2 is 1.91 bits per heavy atom. The van der Waals surface area contributed by atoms with Crippen LogP contribution >= 0.6 is 23.1 Å². The number of nitrogens with one attached hydrogen (secondary N) is 1. The van der Waals surface area contributed by atoms with E-state index >= 15 is 0 Å². The monoisotopic (exact) mass is 477 g/mol. The maximum Gasteiger partial charge on any atom is 0.267 e. The van der Waals surface area contributed by atoms with E-state index in [-0.39, 0.29) is 23.3 Å². The van der Waals surface area contributed by atoms with Crippen LogP contribution in [-0.2, 0) is 9.53 Å². The molecule has 6 nitrogen and oxygen atoms in total. The molecule has 1 saturated heterocycles. The van der Waals surface area contributed by atoms with Gasteiger partial charge in [-0.05, 0) is 36.6 Å². The predicted octanol–water partition coefficient (Wildman–Crippen LogP) is 4.50. The van der Waals surface area contributed by atoms with Crippen LogP contribution in [0.4, 0.5) is 0 Å². The molecule has 1 atom stereocenters. The number of rotatable bonds is 7. The lowest BCUT2D eigenvalue weighted by Crippen LogP contribution is -2.33. The van der Waals surface area contributed by atoms with E-state index in [4.69, 9.17) is 9.72 Å². The summed E-state index contributed by atoms with van der Waals surface area (Å²) < 4.78 is 7.17. The number of carbonyl (C=O) groups excluding carboxylic acids is 1. The largest absolute Gasteiger partial charge is 0.376 e. The van der Waals surface area contributed by atoms with Gasteiger partial charge in [0.05, 0.1) is 22.9 Å². The second-order valence-electron chi connectivity index (χ2n) is 7.79. The van der Waals surface area contributed by atoms with Crippen molar-refractivity contribution < 1.29 is 9.53 Å². The summed E-state index contributed by atoms with van der Waals surface area (Å²) in [6.45, 7) is 1.27. The highest BCUT2D eigenvalue weighted by Gasteiger charge is 2.19. The van der Waals surface area contributed by atoms with E-state index < -0.39 is 0 Å². The van der Waals surface area contributed by atoms with Gasteiger partial charge in [0.15, 0.2) is 5.16 Å². The fourth-order valence-electron chi connectivity index (χ4n) is 3.82. The van der Waals surface area contributed by atoms with Crippen LogP contribution < -0.4 is 10.9 Å². The second kappa shape index (κ2) is 9.91.